The molecule has 0 aliphatic heterocycles. The van der Waals surface area contributed by atoms with Crippen molar-refractivity contribution in [1.82, 2.24) is 20.3 Å². The average molecular weight is 439 g/mol. The monoisotopic (exact) mass is 438 g/mol. The van der Waals surface area contributed by atoms with Crippen molar-refractivity contribution in [3.8, 4) is 22.8 Å². The maximum absolute atomic E-state index is 14.1. The summed E-state index contributed by atoms with van der Waals surface area (Å²) in [5.74, 6) is 0.432. The van der Waals surface area contributed by atoms with Gasteiger partial charge >= 0.3 is 0 Å². The fraction of sp³-hybridized carbons (Fsp3) is 0.148. The number of rotatable bonds is 4. The molecule has 0 saturated heterocycles. The lowest BCUT2D eigenvalue weighted by molar-refractivity contribution is 0.0947. The van der Waals surface area contributed by atoms with Crippen LogP contribution in [-0.2, 0) is 0 Å². The molecule has 0 radical (unpaired) electrons. The second-order valence-corrected chi connectivity index (χ2v) is 8.48. The van der Waals surface area contributed by atoms with Gasteiger partial charge < -0.3 is 10.3 Å². The summed E-state index contributed by atoms with van der Waals surface area (Å²) in [4.78, 5) is 25.2. The van der Waals surface area contributed by atoms with Crippen molar-refractivity contribution in [2.45, 2.75) is 25.6 Å². The van der Waals surface area contributed by atoms with Crippen molar-refractivity contribution >= 4 is 16.7 Å². The summed E-state index contributed by atoms with van der Waals surface area (Å²) in [6.45, 7) is 3.30. The van der Waals surface area contributed by atoms with Crippen molar-refractivity contribution in [3.63, 3.8) is 0 Å². The number of nitrogens with one attached hydrogen (secondary N) is 2. The van der Waals surface area contributed by atoms with E-state index in [2.05, 4.69) is 20.3 Å². The number of pyridine rings is 1. The zero-order valence-corrected chi connectivity index (χ0v) is 18.3. The van der Waals surface area contributed by atoms with Crippen LogP contribution >= 0.6 is 0 Å². The Bertz CT molecular complexity index is 1420. The molecule has 1 aliphatic rings. The Morgan fingerprint density at radius 2 is 1.91 bits per heavy atom. The van der Waals surface area contributed by atoms with Crippen molar-refractivity contribution in [1.29, 1.82) is 0 Å². The van der Waals surface area contributed by atoms with Crippen molar-refractivity contribution in [3.05, 3.63) is 96.4 Å². The van der Waals surface area contributed by atoms with Gasteiger partial charge in [-0.15, -0.1) is 0 Å². The summed E-state index contributed by atoms with van der Waals surface area (Å²) in [6, 6.07) is 17.0. The fourth-order valence-corrected chi connectivity index (χ4v) is 4.04. The Morgan fingerprint density at radius 1 is 1.09 bits per heavy atom. The first-order valence-electron chi connectivity index (χ1n) is 10.8. The number of aromatic amines is 1. The van der Waals surface area contributed by atoms with Gasteiger partial charge in [0, 0.05) is 28.9 Å². The van der Waals surface area contributed by atoms with Crippen LogP contribution in [0.4, 0.5) is 4.39 Å². The van der Waals surface area contributed by atoms with Crippen LogP contribution in [0.5, 0.6) is 0 Å². The van der Waals surface area contributed by atoms with E-state index in [9.17, 15) is 9.18 Å². The number of carbonyl (C=O) groups is 1. The number of alkyl halides is 1. The summed E-state index contributed by atoms with van der Waals surface area (Å²) < 4.78 is 14.1. The zero-order chi connectivity index (χ0) is 23.0. The maximum atomic E-state index is 14.1. The number of aromatic nitrogens is 3. The largest absolute Gasteiger partial charge is 0.343 e. The van der Waals surface area contributed by atoms with Crippen LogP contribution in [0.2, 0.25) is 0 Å². The molecular weight excluding hydrogens is 415 g/mol. The third-order valence-corrected chi connectivity index (χ3v) is 5.77. The van der Waals surface area contributed by atoms with Crippen molar-refractivity contribution < 1.29 is 9.18 Å². The molecule has 1 amide bonds. The van der Waals surface area contributed by atoms with E-state index in [1.165, 1.54) is 19.1 Å². The normalized spacial score (nSPS) is 20.0. The van der Waals surface area contributed by atoms with E-state index in [1.807, 2.05) is 61.8 Å². The lowest BCUT2D eigenvalue weighted by Gasteiger charge is -2.24. The molecule has 5 rings (SSSR count). The number of halogens is 1. The lowest BCUT2D eigenvalue weighted by Crippen LogP contribution is -2.37. The lowest BCUT2D eigenvalue weighted by atomic mass is 9.93. The topological polar surface area (TPSA) is 70.7 Å². The molecule has 0 saturated carbocycles. The first kappa shape index (κ1) is 20.8. The van der Waals surface area contributed by atoms with Crippen LogP contribution in [0.1, 0.15) is 24.2 Å². The van der Waals surface area contributed by atoms with E-state index in [0.717, 1.165) is 33.3 Å². The summed E-state index contributed by atoms with van der Waals surface area (Å²) in [5, 5.41) is 5.11. The first-order chi connectivity index (χ1) is 15.9. The van der Waals surface area contributed by atoms with E-state index < -0.39 is 5.67 Å². The Labute approximate surface area is 191 Å². The van der Waals surface area contributed by atoms with Crippen molar-refractivity contribution in [2.75, 3.05) is 0 Å². The minimum atomic E-state index is -1.48. The summed E-state index contributed by atoms with van der Waals surface area (Å²) in [5.41, 5.74) is 2.08. The molecule has 2 aromatic heterocycles. The molecular formula is C27H23FN4O. The van der Waals surface area contributed by atoms with Gasteiger partial charge in [-0.25, -0.2) is 9.37 Å². The van der Waals surface area contributed by atoms with Crippen LogP contribution in [0.15, 0.2) is 90.8 Å². The van der Waals surface area contributed by atoms with Crippen LogP contribution in [0, 0.1) is 0 Å². The van der Waals surface area contributed by atoms with Gasteiger partial charge in [0.05, 0.1) is 11.7 Å². The molecule has 6 heteroatoms. The molecule has 164 valence electrons. The standard InChI is InChI=1S/C27H23FN4O/c1-17-14-27(2,28)11-10-22(17)32-26(33)20-9-5-8-19(12-20)24-16-30-25(31-24)23-13-18-6-3-4-7-21(18)15-29-23/h3-16,22H,1-2H3,(H,30,31)(H,32,33). The number of nitrogens with zero attached hydrogens (tertiary/aromatic N) is 2. The molecule has 2 N–H and O–H groups in total. The van der Waals surface area contributed by atoms with Gasteiger partial charge in [0.15, 0.2) is 5.82 Å². The van der Waals surface area contributed by atoms with Crippen LogP contribution in [0.3, 0.4) is 0 Å². The third kappa shape index (κ3) is 4.32. The minimum absolute atomic E-state index is 0.228. The molecule has 0 fully saturated rings. The Kier molecular flexibility index (Phi) is 5.13. The molecule has 2 aromatic carbocycles. The van der Waals surface area contributed by atoms with Gasteiger partial charge in [-0.3, -0.25) is 9.78 Å². The molecule has 2 heterocycles. The van der Waals surface area contributed by atoms with Crippen LogP contribution in [-0.4, -0.2) is 32.6 Å². The van der Waals surface area contributed by atoms with Crippen LogP contribution < -0.4 is 5.32 Å². The summed E-state index contributed by atoms with van der Waals surface area (Å²) in [7, 11) is 0. The number of hydrogen-bond donors (Lipinski definition) is 2. The predicted molar refractivity (Wildman–Crippen MR) is 128 cm³/mol. The maximum Gasteiger partial charge on any atom is 0.252 e. The number of H-pyrrole nitrogens is 1. The molecule has 0 bridgehead atoms. The molecule has 33 heavy (non-hydrogen) atoms. The molecule has 5 nitrogen and oxygen atoms in total. The second-order valence-electron chi connectivity index (χ2n) is 8.48. The smallest absolute Gasteiger partial charge is 0.252 e. The molecule has 2 atom stereocenters. The van der Waals surface area contributed by atoms with E-state index in [-0.39, 0.29) is 11.9 Å². The van der Waals surface area contributed by atoms with E-state index in [4.69, 9.17) is 0 Å². The number of hydrogen-bond acceptors (Lipinski definition) is 3. The SMILES string of the molecule is CC1=CC(C)(F)C=CC1NC(=O)c1cccc(-c2c[nH]c(-c3cc4ccccc4cn3)n2)c1. The third-order valence-electron chi connectivity index (χ3n) is 5.77. The highest BCUT2D eigenvalue weighted by Gasteiger charge is 2.24. The Hall–Kier alpha value is -4.06. The van der Waals surface area contributed by atoms with Gasteiger partial charge in [0.25, 0.3) is 5.91 Å². The highest BCUT2D eigenvalue weighted by molar-refractivity contribution is 5.96. The summed E-state index contributed by atoms with van der Waals surface area (Å²) in [6.07, 6.45) is 8.32. The second kappa shape index (κ2) is 8.13. The highest BCUT2D eigenvalue weighted by atomic mass is 19.1. The van der Waals surface area contributed by atoms with Gasteiger partial charge in [0.2, 0.25) is 0 Å². The molecule has 2 unspecified atom stereocenters. The minimum Gasteiger partial charge on any atom is -0.343 e. The van der Waals surface area contributed by atoms with Gasteiger partial charge in [0.1, 0.15) is 11.4 Å². The molecule has 1 aliphatic carbocycles. The number of fused-ring (bicyclic) bond motifs is 1. The quantitative estimate of drug-likeness (QED) is 0.406. The molecule has 0 spiro atoms. The average Bonchev–Trinajstić information content (AvgIpc) is 3.31. The number of carbonyl (C=O) groups excluding carboxylic acids is 1. The van der Waals surface area contributed by atoms with E-state index in [1.54, 1.807) is 18.2 Å². The van der Waals surface area contributed by atoms with Gasteiger partial charge in [-0.2, -0.15) is 0 Å². The Morgan fingerprint density at radius 3 is 2.73 bits per heavy atom. The first-order valence-corrected chi connectivity index (χ1v) is 10.8. The van der Waals surface area contributed by atoms with Crippen molar-refractivity contribution in [2.24, 2.45) is 0 Å². The fourth-order valence-electron chi connectivity index (χ4n) is 4.04. The number of benzene rings is 2. The predicted octanol–water partition coefficient (Wildman–Crippen LogP) is 5.63. The highest BCUT2D eigenvalue weighted by Crippen LogP contribution is 2.26. The van der Waals surface area contributed by atoms with E-state index >= 15 is 0 Å². The van der Waals surface area contributed by atoms with Gasteiger partial charge in [-0.1, -0.05) is 42.5 Å². The number of allylic oxidation sites excluding steroid dienone is 2. The van der Waals surface area contributed by atoms with Gasteiger partial charge in [-0.05, 0) is 55.2 Å². The molecule has 4 aromatic rings. The summed E-state index contributed by atoms with van der Waals surface area (Å²) >= 11 is 0. The Balaban J connectivity index is 1.37. The number of amides is 1. The van der Waals surface area contributed by atoms with Crippen LogP contribution in [0.25, 0.3) is 33.5 Å². The zero-order valence-electron chi connectivity index (χ0n) is 18.3. The number of imidazole rings is 1. The van der Waals surface area contributed by atoms with E-state index in [0.29, 0.717) is 11.4 Å².